The molecule has 3 radical (unpaired) electrons. The first kappa shape index (κ1) is 9.14. The van der Waals surface area contributed by atoms with Gasteiger partial charge in [-0.3, -0.25) is 0 Å². The van der Waals surface area contributed by atoms with Gasteiger partial charge in [0, 0.05) is 6.54 Å². The number of rotatable bonds is 3. The second-order valence-electron chi connectivity index (χ2n) is 3.10. The number of nitrogens with zero attached hydrogens (tertiary/aromatic N) is 1. The summed E-state index contributed by atoms with van der Waals surface area (Å²) in [6.07, 6.45) is 0. The second-order valence-corrected chi connectivity index (χ2v) is 3.30. The van der Waals surface area contributed by atoms with E-state index in [1.165, 1.54) is 0 Å². The quantitative estimate of drug-likeness (QED) is 0.533. The number of hydrogen-bond acceptors (Lipinski definition) is 2. The molecule has 0 aromatic carbocycles. The van der Waals surface area contributed by atoms with E-state index < -0.39 is 0 Å². The summed E-state index contributed by atoms with van der Waals surface area (Å²) in [7, 11) is 7.06. The molecule has 53 valence electrons. The van der Waals surface area contributed by atoms with Crippen LogP contribution in [0.2, 0.25) is 0 Å². The first-order valence-corrected chi connectivity index (χ1v) is 3.38. The van der Waals surface area contributed by atoms with Gasteiger partial charge in [0.15, 0.2) is 0 Å². The first-order valence-electron chi connectivity index (χ1n) is 2.97. The van der Waals surface area contributed by atoms with Gasteiger partial charge in [0.25, 0.3) is 0 Å². The van der Waals surface area contributed by atoms with Gasteiger partial charge in [-0.1, -0.05) is 0 Å². The van der Waals surface area contributed by atoms with Crippen molar-refractivity contribution in [3.8, 4) is 0 Å². The molecule has 0 unspecified atom stereocenters. The highest BCUT2D eigenvalue weighted by Gasteiger charge is 2.15. The number of likely N-dealkylation sites (N-methyl/N-ethyl adjacent to an activating group) is 1. The Morgan fingerprint density at radius 1 is 1.44 bits per heavy atom. The molecule has 0 atom stereocenters. The van der Waals surface area contributed by atoms with E-state index in [1.807, 2.05) is 27.9 Å². The Kier molecular flexibility index (Phi) is 3.39. The Morgan fingerprint density at radius 3 is 2.00 bits per heavy atom. The van der Waals surface area contributed by atoms with Crippen molar-refractivity contribution in [2.24, 2.45) is 0 Å². The lowest BCUT2D eigenvalue weighted by atomic mass is 10.1. The predicted octanol–water partition coefficient (Wildman–Crippen LogP) is 0.427. The SMILES string of the molecule is CN(C)CC(C)(C)O[Si]. The molecule has 0 fully saturated rings. The van der Waals surface area contributed by atoms with Crippen molar-refractivity contribution in [3.63, 3.8) is 0 Å². The molecule has 0 heterocycles. The lowest BCUT2D eigenvalue weighted by Gasteiger charge is -2.26. The van der Waals surface area contributed by atoms with Crippen LogP contribution in [0.3, 0.4) is 0 Å². The van der Waals surface area contributed by atoms with Crippen LogP contribution in [0.4, 0.5) is 0 Å². The zero-order valence-electron chi connectivity index (χ0n) is 6.56. The van der Waals surface area contributed by atoms with Crippen LogP contribution in [0.15, 0.2) is 0 Å². The average Bonchev–Trinajstić information content (AvgIpc) is 1.63. The van der Waals surface area contributed by atoms with Gasteiger partial charge in [0.1, 0.15) is 0 Å². The molecule has 0 aliphatic carbocycles. The monoisotopic (exact) mass is 144 g/mol. The molecule has 0 rings (SSSR count). The van der Waals surface area contributed by atoms with Crippen LogP contribution in [0.25, 0.3) is 0 Å². The highest BCUT2D eigenvalue weighted by molar-refractivity contribution is 5.98. The fourth-order valence-electron chi connectivity index (χ4n) is 0.794. The zero-order valence-corrected chi connectivity index (χ0v) is 7.56. The van der Waals surface area contributed by atoms with Crippen molar-refractivity contribution in [2.75, 3.05) is 20.6 Å². The van der Waals surface area contributed by atoms with Crippen molar-refractivity contribution in [1.82, 2.24) is 4.90 Å². The van der Waals surface area contributed by atoms with Crippen LogP contribution in [0.5, 0.6) is 0 Å². The largest absolute Gasteiger partial charge is 0.412 e. The smallest absolute Gasteiger partial charge is 0.247 e. The van der Waals surface area contributed by atoms with Gasteiger partial charge in [-0.2, -0.15) is 0 Å². The fraction of sp³-hybridized carbons (Fsp3) is 1.00. The standard InChI is InChI=1S/C6H14NOSi/c1-6(2,8-9)5-7(3)4/h5H2,1-4H3. The van der Waals surface area contributed by atoms with Crippen LogP contribution in [-0.2, 0) is 4.43 Å². The molecule has 0 aromatic rings. The highest BCUT2D eigenvalue weighted by Crippen LogP contribution is 2.06. The van der Waals surface area contributed by atoms with E-state index in [0.29, 0.717) is 0 Å². The maximum Gasteiger partial charge on any atom is 0.247 e. The van der Waals surface area contributed by atoms with Crippen molar-refractivity contribution >= 4 is 10.5 Å². The van der Waals surface area contributed by atoms with E-state index in [1.54, 1.807) is 0 Å². The molecular formula is C6H14NOSi. The maximum absolute atomic E-state index is 5.01. The van der Waals surface area contributed by atoms with E-state index in [9.17, 15) is 0 Å². The lowest BCUT2D eigenvalue weighted by molar-refractivity contribution is 0.0882. The molecule has 0 saturated heterocycles. The topological polar surface area (TPSA) is 12.5 Å². The van der Waals surface area contributed by atoms with Gasteiger partial charge in [-0.05, 0) is 27.9 Å². The Morgan fingerprint density at radius 2 is 1.89 bits per heavy atom. The van der Waals surface area contributed by atoms with Crippen LogP contribution in [-0.4, -0.2) is 41.6 Å². The fourth-order valence-corrected chi connectivity index (χ4v) is 0.858. The third-order valence-corrected chi connectivity index (χ3v) is 1.53. The van der Waals surface area contributed by atoms with Gasteiger partial charge in [-0.25, -0.2) is 0 Å². The molecule has 0 amide bonds. The van der Waals surface area contributed by atoms with Gasteiger partial charge in [-0.15, -0.1) is 0 Å². The minimum absolute atomic E-state index is 0.0968. The molecule has 3 heteroatoms. The molecule has 0 aromatic heterocycles. The number of hydrogen-bond donors (Lipinski definition) is 0. The summed E-state index contributed by atoms with van der Waals surface area (Å²) in [5.74, 6) is 0. The van der Waals surface area contributed by atoms with Crippen LogP contribution < -0.4 is 0 Å². The summed E-state index contributed by atoms with van der Waals surface area (Å²) in [5.41, 5.74) is -0.0968. The molecule has 0 saturated carbocycles. The van der Waals surface area contributed by atoms with Crippen molar-refractivity contribution < 1.29 is 4.43 Å². The van der Waals surface area contributed by atoms with E-state index >= 15 is 0 Å². The molecule has 0 N–H and O–H groups in total. The third-order valence-electron chi connectivity index (χ3n) is 0.973. The molecule has 9 heavy (non-hydrogen) atoms. The molecular weight excluding hydrogens is 130 g/mol. The van der Waals surface area contributed by atoms with Crippen LogP contribution in [0, 0.1) is 0 Å². The Hall–Kier alpha value is 0.137. The van der Waals surface area contributed by atoms with Gasteiger partial charge in [0.05, 0.1) is 5.60 Å². The van der Waals surface area contributed by atoms with E-state index in [-0.39, 0.29) is 5.60 Å². The molecule has 0 bridgehead atoms. The van der Waals surface area contributed by atoms with Crippen molar-refractivity contribution in [1.29, 1.82) is 0 Å². The summed E-state index contributed by atoms with van der Waals surface area (Å²) < 4.78 is 5.01. The maximum atomic E-state index is 5.01. The normalized spacial score (nSPS) is 12.7. The molecule has 0 aliphatic heterocycles. The summed E-state index contributed by atoms with van der Waals surface area (Å²) in [5, 5.41) is 0. The van der Waals surface area contributed by atoms with Crippen molar-refractivity contribution in [2.45, 2.75) is 19.4 Å². The van der Waals surface area contributed by atoms with Gasteiger partial charge in [0.2, 0.25) is 10.5 Å². The summed E-state index contributed by atoms with van der Waals surface area (Å²) in [6.45, 7) is 4.97. The van der Waals surface area contributed by atoms with E-state index in [4.69, 9.17) is 4.43 Å². The predicted molar refractivity (Wildman–Crippen MR) is 39.5 cm³/mol. The molecule has 0 spiro atoms. The molecule has 0 aliphatic rings. The Balaban J connectivity index is 3.58. The highest BCUT2D eigenvalue weighted by atomic mass is 28.2. The summed E-state index contributed by atoms with van der Waals surface area (Å²) in [4.78, 5) is 2.08. The second kappa shape index (κ2) is 3.34. The minimum Gasteiger partial charge on any atom is -0.412 e. The lowest BCUT2D eigenvalue weighted by Crippen LogP contribution is -2.36. The minimum atomic E-state index is -0.0968. The molecule has 2 nitrogen and oxygen atoms in total. The van der Waals surface area contributed by atoms with Crippen molar-refractivity contribution in [3.05, 3.63) is 0 Å². The average molecular weight is 144 g/mol. The van der Waals surface area contributed by atoms with E-state index in [0.717, 1.165) is 6.54 Å². The van der Waals surface area contributed by atoms with Crippen LogP contribution >= 0.6 is 0 Å². The van der Waals surface area contributed by atoms with Gasteiger partial charge < -0.3 is 9.33 Å². The zero-order chi connectivity index (χ0) is 7.49. The van der Waals surface area contributed by atoms with Crippen LogP contribution in [0.1, 0.15) is 13.8 Å². The van der Waals surface area contributed by atoms with E-state index in [2.05, 4.69) is 15.4 Å². The van der Waals surface area contributed by atoms with Gasteiger partial charge >= 0.3 is 0 Å². The summed E-state index contributed by atoms with van der Waals surface area (Å²) in [6, 6.07) is 0. The Labute approximate surface area is 60.7 Å². The summed E-state index contributed by atoms with van der Waals surface area (Å²) >= 11 is 0. The first-order chi connectivity index (χ1) is 3.98. The Bertz CT molecular complexity index is 83.1. The third kappa shape index (κ3) is 4.63.